The number of hydrogen-bond acceptors (Lipinski definition) is 5. The molecule has 0 aromatic heterocycles. The van der Waals surface area contributed by atoms with Gasteiger partial charge < -0.3 is 24.6 Å². The molecule has 0 amide bonds. The van der Waals surface area contributed by atoms with Gasteiger partial charge in [0.2, 0.25) is 0 Å². The molecular formula is C30H39NO4. The number of anilines is 1. The van der Waals surface area contributed by atoms with E-state index in [1.807, 2.05) is 0 Å². The Labute approximate surface area is 209 Å². The van der Waals surface area contributed by atoms with Gasteiger partial charge in [0.1, 0.15) is 5.60 Å². The van der Waals surface area contributed by atoms with Gasteiger partial charge in [0.15, 0.2) is 5.79 Å². The number of hydrogen-bond donors (Lipinski definition) is 2. The smallest absolute Gasteiger partial charge is 0.171 e. The van der Waals surface area contributed by atoms with E-state index in [0.29, 0.717) is 37.9 Å². The summed E-state index contributed by atoms with van der Waals surface area (Å²) in [5, 5.41) is 23.7. The lowest BCUT2D eigenvalue weighted by Crippen LogP contribution is -2.55. The molecule has 4 aliphatic carbocycles. The Kier molecular flexibility index (Phi) is 5.27. The van der Waals surface area contributed by atoms with Crippen molar-refractivity contribution in [1.29, 1.82) is 0 Å². The molecule has 3 saturated carbocycles. The number of fused-ring (bicyclic) bond motifs is 4. The molecule has 6 atom stereocenters. The van der Waals surface area contributed by atoms with Crippen molar-refractivity contribution in [2.75, 3.05) is 32.2 Å². The van der Waals surface area contributed by atoms with Crippen molar-refractivity contribution < 1.29 is 19.7 Å². The van der Waals surface area contributed by atoms with Crippen LogP contribution in [0, 0.1) is 29.6 Å². The molecule has 4 fully saturated rings. The van der Waals surface area contributed by atoms with E-state index >= 15 is 0 Å². The van der Waals surface area contributed by atoms with Crippen LogP contribution in [0.1, 0.15) is 69.8 Å². The first-order chi connectivity index (χ1) is 16.6. The van der Waals surface area contributed by atoms with Crippen LogP contribution in [-0.4, -0.2) is 54.5 Å². The zero-order chi connectivity index (χ0) is 24.6. The van der Waals surface area contributed by atoms with E-state index in [1.54, 1.807) is 0 Å². The van der Waals surface area contributed by atoms with E-state index < -0.39 is 17.0 Å². The molecule has 5 heteroatoms. The number of allylic oxidation sites excluding steroid dienone is 1. The second-order valence-corrected chi connectivity index (χ2v) is 12.2. The van der Waals surface area contributed by atoms with Crippen molar-refractivity contribution in [3.05, 3.63) is 41.0 Å². The van der Waals surface area contributed by atoms with Crippen LogP contribution in [-0.2, 0) is 9.47 Å². The molecule has 0 radical (unpaired) electrons. The van der Waals surface area contributed by atoms with Gasteiger partial charge in [-0.25, -0.2) is 0 Å². The van der Waals surface area contributed by atoms with Gasteiger partial charge >= 0.3 is 0 Å². The monoisotopic (exact) mass is 477 g/mol. The molecular weight excluding hydrogens is 438 g/mol. The van der Waals surface area contributed by atoms with Gasteiger partial charge in [-0.1, -0.05) is 30.6 Å². The average molecular weight is 478 g/mol. The summed E-state index contributed by atoms with van der Waals surface area (Å²) < 4.78 is 12.1. The maximum Gasteiger partial charge on any atom is 0.171 e. The van der Waals surface area contributed by atoms with Crippen LogP contribution in [0.4, 0.5) is 5.69 Å². The third kappa shape index (κ3) is 3.30. The number of benzene rings is 1. The van der Waals surface area contributed by atoms with Gasteiger partial charge in [-0.05, 0) is 73.6 Å². The minimum absolute atomic E-state index is 0.136. The van der Waals surface area contributed by atoms with Crippen LogP contribution in [0.5, 0.6) is 0 Å². The molecule has 1 aromatic rings. The molecule has 1 aromatic carbocycles. The first kappa shape index (κ1) is 23.6. The summed E-state index contributed by atoms with van der Waals surface area (Å²) >= 11 is 0. The highest BCUT2D eigenvalue weighted by molar-refractivity contribution is 5.50. The van der Waals surface area contributed by atoms with E-state index in [9.17, 15) is 10.2 Å². The van der Waals surface area contributed by atoms with E-state index in [1.165, 1.54) is 22.4 Å². The number of nitrogens with zero attached hydrogens (tertiary/aromatic N) is 1. The van der Waals surface area contributed by atoms with Crippen LogP contribution in [0.15, 0.2) is 35.4 Å². The van der Waals surface area contributed by atoms with Crippen LogP contribution < -0.4 is 4.90 Å². The lowest BCUT2D eigenvalue weighted by atomic mass is 9.49. The zero-order valence-corrected chi connectivity index (χ0v) is 21.3. The highest BCUT2D eigenvalue weighted by Crippen LogP contribution is 2.67. The van der Waals surface area contributed by atoms with Crippen LogP contribution in [0.3, 0.4) is 0 Å². The minimum Gasteiger partial charge on any atom is -0.385 e. The molecule has 1 heterocycles. The number of aliphatic hydroxyl groups is 2. The summed E-state index contributed by atoms with van der Waals surface area (Å²) in [6.07, 6.45) is 12.1. The highest BCUT2D eigenvalue weighted by atomic mass is 16.7. The SMILES string of the molecule is C#C[C@]1(O)CCC2[C@@H]3CC[C@@]4(O)CC5(CCC4=C3[C@@H](c3ccc(N(C)C)cc3)C[C@@]21C)OCCO5. The summed E-state index contributed by atoms with van der Waals surface area (Å²) in [5.74, 6) is 3.00. The first-order valence-electron chi connectivity index (χ1n) is 13.3. The topological polar surface area (TPSA) is 62.2 Å². The van der Waals surface area contributed by atoms with Crippen molar-refractivity contribution in [2.45, 2.75) is 81.2 Å². The summed E-state index contributed by atoms with van der Waals surface area (Å²) in [7, 11) is 4.11. The van der Waals surface area contributed by atoms with Gasteiger partial charge in [0, 0.05) is 44.0 Å². The molecule has 0 bridgehead atoms. The molecule has 1 aliphatic heterocycles. The van der Waals surface area contributed by atoms with Gasteiger partial charge in [0.05, 0.1) is 18.8 Å². The van der Waals surface area contributed by atoms with Crippen LogP contribution in [0.25, 0.3) is 0 Å². The standard InChI is InChI=1S/C30H39NO4/c1-5-29(33)14-11-24-22-10-13-28(32)19-30(34-16-17-35-30)15-12-25(28)26(22)23(18-27(24,29)2)20-6-8-21(9-7-20)31(3)4/h1,6-9,22-24,32-33H,10-19H2,2-4H3/t22-,23+,24?,27-,28+,29-/m0/s1. The average Bonchev–Trinajstić information content (AvgIpc) is 3.39. The normalized spacial score (nSPS) is 41.8. The number of terminal acetylenes is 1. The Balaban J connectivity index is 1.48. The fraction of sp³-hybridized carbons (Fsp3) is 0.667. The van der Waals surface area contributed by atoms with Crippen molar-refractivity contribution in [1.82, 2.24) is 0 Å². The predicted molar refractivity (Wildman–Crippen MR) is 136 cm³/mol. The highest BCUT2D eigenvalue weighted by Gasteiger charge is 2.64. The lowest BCUT2D eigenvalue weighted by Gasteiger charge is -2.57. The molecule has 188 valence electrons. The van der Waals surface area contributed by atoms with E-state index in [2.05, 4.69) is 56.1 Å². The molecule has 35 heavy (non-hydrogen) atoms. The predicted octanol–water partition coefficient (Wildman–Crippen LogP) is 4.39. The zero-order valence-electron chi connectivity index (χ0n) is 21.3. The van der Waals surface area contributed by atoms with Gasteiger partial charge in [-0.3, -0.25) is 0 Å². The van der Waals surface area contributed by atoms with E-state index in [-0.39, 0.29) is 11.3 Å². The fourth-order valence-electron chi connectivity index (χ4n) is 8.56. The Bertz CT molecular complexity index is 1080. The Morgan fingerprint density at radius 3 is 2.40 bits per heavy atom. The maximum atomic E-state index is 12.1. The summed E-state index contributed by atoms with van der Waals surface area (Å²) in [6, 6.07) is 8.83. The van der Waals surface area contributed by atoms with Crippen molar-refractivity contribution in [3.63, 3.8) is 0 Å². The Morgan fingerprint density at radius 1 is 1.03 bits per heavy atom. The largest absolute Gasteiger partial charge is 0.385 e. The number of ether oxygens (including phenoxy) is 2. The molecule has 6 rings (SSSR count). The van der Waals surface area contributed by atoms with Crippen LogP contribution in [0.2, 0.25) is 0 Å². The molecule has 1 saturated heterocycles. The molecule has 1 spiro atoms. The molecule has 5 aliphatic rings. The quantitative estimate of drug-likeness (QED) is 0.489. The van der Waals surface area contributed by atoms with Crippen molar-refractivity contribution >= 4 is 5.69 Å². The molecule has 2 N–H and O–H groups in total. The van der Waals surface area contributed by atoms with E-state index in [0.717, 1.165) is 38.5 Å². The van der Waals surface area contributed by atoms with Gasteiger partial charge in [-0.2, -0.15) is 0 Å². The van der Waals surface area contributed by atoms with Crippen molar-refractivity contribution in [3.8, 4) is 12.3 Å². The van der Waals surface area contributed by atoms with E-state index in [4.69, 9.17) is 15.9 Å². The summed E-state index contributed by atoms with van der Waals surface area (Å²) in [4.78, 5) is 2.11. The van der Waals surface area contributed by atoms with Gasteiger partial charge in [0.25, 0.3) is 0 Å². The third-order valence-electron chi connectivity index (χ3n) is 10.4. The summed E-state index contributed by atoms with van der Waals surface area (Å²) in [6.45, 7) is 3.44. The molecule has 1 unspecified atom stereocenters. The van der Waals surface area contributed by atoms with Gasteiger partial charge in [-0.15, -0.1) is 6.42 Å². The second-order valence-electron chi connectivity index (χ2n) is 12.2. The number of rotatable bonds is 2. The summed E-state index contributed by atoms with van der Waals surface area (Å²) in [5.41, 5.74) is 2.76. The second kappa shape index (κ2) is 7.83. The maximum absolute atomic E-state index is 12.1. The van der Waals surface area contributed by atoms with Crippen LogP contribution >= 0.6 is 0 Å². The fourth-order valence-corrected chi connectivity index (χ4v) is 8.56. The van der Waals surface area contributed by atoms with Crippen molar-refractivity contribution in [2.24, 2.45) is 17.3 Å². The Hall–Kier alpha value is -1.84. The minimum atomic E-state index is -1.08. The third-order valence-corrected chi connectivity index (χ3v) is 10.4. The first-order valence-corrected chi connectivity index (χ1v) is 13.3. The lowest BCUT2D eigenvalue weighted by molar-refractivity contribution is -0.208. The molecule has 5 nitrogen and oxygen atoms in total. The Morgan fingerprint density at radius 2 is 1.74 bits per heavy atom.